The molecule has 96 valence electrons. The smallest absolute Gasteiger partial charge is 0.270 e. The molecule has 0 unspecified atom stereocenters. The van der Waals surface area contributed by atoms with Gasteiger partial charge in [0.2, 0.25) is 0 Å². The summed E-state index contributed by atoms with van der Waals surface area (Å²) in [5, 5.41) is 0. The molecule has 0 bridgehead atoms. The Kier molecular flexibility index (Phi) is 4.40. The van der Waals surface area contributed by atoms with Crippen LogP contribution >= 0.6 is 22.0 Å². The third-order valence-electron chi connectivity index (χ3n) is 2.23. The molecule has 1 heterocycles. The molecule has 18 heavy (non-hydrogen) atoms. The predicted octanol–water partition coefficient (Wildman–Crippen LogP) is 3.39. The lowest BCUT2D eigenvalue weighted by Crippen LogP contribution is -1.91. The Morgan fingerprint density at radius 3 is 2.39 bits per heavy atom. The highest BCUT2D eigenvalue weighted by Crippen LogP contribution is 2.25. The van der Waals surface area contributed by atoms with Crippen LogP contribution in [0, 0.1) is 0 Å². The molecule has 0 atom stereocenters. The van der Waals surface area contributed by atoms with Crippen molar-refractivity contribution in [2.45, 2.75) is 17.4 Å². The number of thiophene rings is 1. The first-order valence-electron chi connectivity index (χ1n) is 5.21. The molecule has 1 aromatic carbocycles. The van der Waals surface area contributed by atoms with Crippen LogP contribution in [0.25, 0.3) is 0 Å². The van der Waals surface area contributed by atoms with Gasteiger partial charge in [0.15, 0.2) is 0 Å². The minimum Gasteiger partial charge on any atom is -0.371 e. The summed E-state index contributed by atoms with van der Waals surface area (Å²) in [5.74, 6) is 0. The third-order valence-corrected chi connectivity index (χ3v) is 5.38. The van der Waals surface area contributed by atoms with E-state index in [1.54, 1.807) is 6.07 Å². The van der Waals surface area contributed by atoms with Crippen LogP contribution in [0.3, 0.4) is 0 Å². The third kappa shape index (κ3) is 3.81. The molecular formula is C12H11ClO3S2. The SMILES string of the molecule is O=S(=O)(Cl)c1ccc(COCc2ccccc2)s1. The van der Waals surface area contributed by atoms with E-state index in [-0.39, 0.29) is 4.21 Å². The van der Waals surface area contributed by atoms with E-state index in [4.69, 9.17) is 15.4 Å². The standard InChI is InChI=1S/C12H11ClO3S2/c13-18(14,15)12-7-6-11(17-12)9-16-8-10-4-2-1-3-5-10/h1-7H,8-9H2. The zero-order valence-electron chi connectivity index (χ0n) is 9.37. The molecule has 6 heteroatoms. The molecular weight excluding hydrogens is 292 g/mol. The zero-order chi connectivity index (χ0) is 13.0. The lowest BCUT2D eigenvalue weighted by Gasteiger charge is -2.02. The maximum atomic E-state index is 11.1. The minimum absolute atomic E-state index is 0.155. The molecule has 0 amide bonds. The van der Waals surface area contributed by atoms with Gasteiger partial charge in [-0.1, -0.05) is 30.3 Å². The van der Waals surface area contributed by atoms with E-state index in [1.807, 2.05) is 30.3 Å². The fourth-order valence-corrected chi connectivity index (χ4v) is 3.47. The van der Waals surface area contributed by atoms with Crippen molar-refractivity contribution in [2.24, 2.45) is 0 Å². The average molecular weight is 303 g/mol. The van der Waals surface area contributed by atoms with Crippen molar-refractivity contribution in [1.29, 1.82) is 0 Å². The van der Waals surface area contributed by atoms with Crippen LogP contribution in [0.15, 0.2) is 46.7 Å². The van der Waals surface area contributed by atoms with Crippen LogP contribution in [0.4, 0.5) is 0 Å². The van der Waals surface area contributed by atoms with Crippen LogP contribution in [0.1, 0.15) is 10.4 Å². The Labute approximate surface area is 114 Å². The van der Waals surface area contributed by atoms with E-state index in [2.05, 4.69) is 0 Å². The quantitative estimate of drug-likeness (QED) is 0.795. The summed E-state index contributed by atoms with van der Waals surface area (Å²) >= 11 is 1.13. The molecule has 0 aliphatic carbocycles. The number of rotatable bonds is 5. The zero-order valence-corrected chi connectivity index (χ0v) is 11.8. The normalized spacial score (nSPS) is 11.6. The van der Waals surface area contributed by atoms with Gasteiger partial charge in [0.1, 0.15) is 4.21 Å². The van der Waals surface area contributed by atoms with Crippen molar-refractivity contribution >= 4 is 31.1 Å². The summed E-state index contributed by atoms with van der Waals surface area (Å²) in [7, 11) is 1.62. The maximum Gasteiger partial charge on any atom is 0.270 e. The Balaban J connectivity index is 1.90. The molecule has 0 spiro atoms. The van der Waals surface area contributed by atoms with Gasteiger partial charge in [0, 0.05) is 15.6 Å². The first kappa shape index (κ1) is 13.5. The van der Waals surface area contributed by atoms with Crippen molar-refractivity contribution in [3.8, 4) is 0 Å². The molecule has 2 aromatic rings. The van der Waals surface area contributed by atoms with Gasteiger partial charge in [0.25, 0.3) is 9.05 Å². The highest BCUT2D eigenvalue weighted by Gasteiger charge is 2.12. The molecule has 0 fully saturated rings. The maximum absolute atomic E-state index is 11.1. The van der Waals surface area contributed by atoms with Crippen LogP contribution < -0.4 is 0 Å². The summed E-state index contributed by atoms with van der Waals surface area (Å²) in [5.41, 5.74) is 1.08. The van der Waals surface area contributed by atoms with Gasteiger partial charge < -0.3 is 4.74 Å². The molecule has 0 N–H and O–H groups in total. The summed E-state index contributed by atoms with van der Waals surface area (Å²) in [6, 6.07) is 13.0. The molecule has 2 rings (SSSR count). The number of halogens is 1. The molecule has 1 aromatic heterocycles. The molecule has 0 saturated carbocycles. The molecule has 3 nitrogen and oxygen atoms in total. The van der Waals surface area contributed by atoms with Crippen molar-refractivity contribution in [2.75, 3.05) is 0 Å². The fourth-order valence-electron chi connectivity index (χ4n) is 1.41. The summed E-state index contributed by atoms with van der Waals surface area (Å²) < 4.78 is 27.8. The molecule has 0 saturated heterocycles. The van der Waals surface area contributed by atoms with Crippen molar-refractivity contribution < 1.29 is 13.2 Å². The van der Waals surface area contributed by atoms with Crippen molar-refractivity contribution in [3.05, 3.63) is 52.9 Å². The summed E-state index contributed by atoms with van der Waals surface area (Å²) in [4.78, 5) is 0.838. The Morgan fingerprint density at radius 1 is 1.06 bits per heavy atom. The fraction of sp³-hybridized carbons (Fsp3) is 0.167. The topological polar surface area (TPSA) is 43.4 Å². The van der Waals surface area contributed by atoms with Gasteiger partial charge in [-0.3, -0.25) is 0 Å². The minimum atomic E-state index is -3.62. The predicted molar refractivity (Wildman–Crippen MR) is 72.3 cm³/mol. The van der Waals surface area contributed by atoms with Crippen LogP contribution in [0.2, 0.25) is 0 Å². The highest BCUT2D eigenvalue weighted by atomic mass is 35.7. The second-order valence-electron chi connectivity index (χ2n) is 3.64. The molecule has 0 aliphatic rings. The van der Waals surface area contributed by atoms with Gasteiger partial charge in [-0.05, 0) is 17.7 Å². The second kappa shape index (κ2) is 5.84. The second-order valence-corrected chi connectivity index (χ2v) is 7.60. The lowest BCUT2D eigenvalue weighted by atomic mass is 10.2. The molecule has 0 radical (unpaired) electrons. The van der Waals surface area contributed by atoms with Gasteiger partial charge in [-0.15, -0.1) is 11.3 Å². The first-order chi connectivity index (χ1) is 8.55. The molecule has 0 aliphatic heterocycles. The summed E-state index contributed by atoms with van der Waals surface area (Å²) in [6.45, 7) is 0.883. The van der Waals surface area contributed by atoms with Gasteiger partial charge >= 0.3 is 0 Å². The van der Waals surface area contributed by atoms with Gasteiger partial charge in [-0.25, -0.2) is 8.42 Å². The lowest BCUT2D eigenvalue weighted by molar-refractivity contribution is 0.109. The van der Waals surface area contributed by atoms with E-state index < -0.39 is 9.05 Å². The largest absolute Gasteiger partial charge is 0.371 e. The van der Waals surface area contributed by atoms with Crippen molar-refractivity contribution in [3.63, 3.8) is 0 Å². The van der Waals surface area contributed by atoms with Gasteiger partial charge in [0.05, 0.1) is 13.2 Å². The number of benzene rings is 1. The van der Waals surface area contributed by atoms with E-state index >= 15 is 0 Å². The van der Waals surface area contributed by atoms with Gasteiger partial charge in [-0.2, -0.15) is 0 Å². The van der Waals surface area contributed by atoms with E-state index in [9.17, 15) is 8.42 Å². The summed E-state index contributed by atoms with van der Waals surface area (Å²) in [6.07, 6.45) is 0. The Morgan fingerprint density at radius 2 is 1.78 bits per heavy atom. The number of hydrogen-bond donors (Lipinski definition) is 0. The average Bonchev–Trinajstić information content (AvgIpc) is 2.79. The van der Waals surface area contributed by atoms with E-state index in [0.29, 0.717) is 13.2 Å². The number of ether oxygens (including phenoxy) is 1. The van der Waals surface area contributed by atoms with E-state index in [1.165, 1.54) is 6.07 Å². The van der Waals surface area contributed by atoms with E-state index in [0.717, 1.165) is 21.8 Å². The van der Waals surface area contributed by atoms with Crippen LogP contribution in [0.5, 0.6) is 0 Å². The highest BCUT2D eigenvalue weighted by molar-refractivity contribution is 8.15. The Hall–Kier alpha value is -0.880. The Bertz CT molecular complexity index is 605. The first-order valence-corrected chi connectivity index (χ1v) is 8.33. The van der Waals surface area contributed by atoms with Crippen LogP contribution in [-0.4, -0.2) is 8.42 Å². The van der Waals surface area contributed by atoms with Crippen molar-refractivity contribution in [1.82, 2.24) is 0 Å². The monoisotopic (exact) mass is 302 g/mol. The number of hydrogen-bond acceptors (Lipinski definition) is 4. The van der Waals surface area contributed by atoms with Crippen LogP contribution in [-0.2, 0) is 27.0 Å².